The van der Waals surface area contributed by atoms with E-state index in [1.807, 2.05) is 0 Å². The minimum absolute atomic E-state index is 0.0641. The third-order valence-corrected chi connectivity index (χ3v) is 7.29. The van der Waals surface area contributed by atoms with Gasteiger partial charge in [0.2, 0.25) is 0 Å². The average Bonchev–Trinajstić information content (AvgIpc) is 2.39. The molecule has 0 aromatic heterocycles. The zero-order valence-corrected chi connectivity index (χ0v) is 11.6. The molecule has 1 fully saturated rings. The fraction of sp³-hybridized carbons (Fsp3) is 0.625. The second kappa shape index (κ2) is 3.34. The van der Waals surface area contributed by atoms with E-state index in [2.05, 4.69) is 0 Å². The van der Waals surface area contributed by atoms with E-state index in [9.17, 15) is 4.79 Å². The number of fused-ring (bicyclic) bond motifs is 2. The maximum Gasteiger partial charge on any atom is 0.166 e. The van der Waals surface area contributed by atoms with E-state index < -0.39 is 20.0 Å². The number of alkyl halides is 4. The number of rotatable bonds is 1. The van der Waals surface area contributed by atoms with Gasteiger partial charge in [0.25, 0.3) is 0 Å². The van der Waals surface area contributed by atoms with Crippen LogP contribution in [0.5, 0.6) is 0 Å². The van der Waals surface area contributed by atoms with Gasteiger partial charge in [-0.15, -0.1) is 23.2 Å². The number of aldehydes is 1. The smallest absolute Gasteiger partial charge is 0.166 e. The molecule has 0 aromatic carbocycles. The monoisotopic (exact) mass is 326 g/mol. The van der Waals surface area contributed by atoms with Gasteiger partial charge in [-0.25, -0.2) is 0 Å². The molecule has 2 aliphatic rings. The number of hydrogen-bond acceptors (Lipinski definition) is 1. The summed E-state index contributed by atoms with van der Waals surface area (Å²) in [5, 5.41) is 0.193. The zero-order valence-electron chi connectivity index (χ0n) is 7.04. The molecule has 1 saturated carbocycles. The van der Waals surface area contributed by atoms with Gasteiger partial charge in [-0.3, -0.25) is 0 Å². The molecule has 1 nitrogen and oxygen atoms in total. The van der Waals surface area contributed by atoms with Gasteiger partial charge in [0.15, 0.2) is 4.33 Å². The van der Waals surface area contributed by atoms with E-state index in [0.29, 0.717) is 6.29 Å². The van der Waals surface area contributed by atoms with Crippen molar-refractivity contribution in [3.63, 3.8) is 0 Å². The first-order valence-electron chi connectivity index (χ1n) is 4.00. The van der Waals surface area contributed by atoms with E-state index in [4.69, 9.17) is 69.6 Å². The Bertz CT molecular complexity index is 377. The number of carbonyl (C=O) groups is 1. The van der Waals surface area contributed by atoms with Crippen molar-refractivity contribution in [3.05, 3.63) is 10.1 Å². The summed E-state index contributed by atoms with van der Waals surface area (Å²) in [6, 6.07) is 0. The van der Waals surface area contributed by atoms with E-state index in [-0.39, 0.29) is 16.5 Å². The second-order valence-corrected chi connectivity index (χ2v) is 6.99. The number of carbonyl (C=O) groups excluding carboxylic acids is 1. The van der Waals surface area contributed by atoms with Crippen molar-refractivity contribution < 1.29 is 4.79 Å². The molecule has 0 spiro atoms. The molecule has 7 heteroatoms. The largest absolute Gasteiger partial charge is 0.303 e. The lowest BCUT2D eigenvalue weighted by atomic mass is 9.94. The molecule has 0 heterocycles. The van der Waals surface area contributed by atoms with Crippen LogP contribution in [0.15, 0.2) is 10.1 Å². The summed E-state index contributed by atoms with van der Waals surface area (Å²) in [6.45, 7) is 0. The Labute approximate surface area is 117 Å². The third kappa shape index (κ3) is 1.13. The number of hydrogen-bond donors (Lipinski definition) is 0. The molecule has 0 aromatic rings. The Kier molecular flexibility index (Phi) is 2.80. The van der Waals surface area contributed by atoms with Gasteiger partial charge < -0.3 is 4.79 Å². The van der Waals surface area contributed by atoms with Gasteiger partial charge in [0.1, 0.15) is 16.0 Å². The minimum atomic E-state index is -1.58. The highest BCUT2D eigenvalue weighted by Crippen LogP contribution is 2.73. The lowest BCUT2D eigenvalue weighted by molar-refractivity contribution is -0.111. The molecular formula is C8H4Cl6O. The Hall–Kier alpha value is 1.15. The van der Waals surface area contributed by atoms with Crippen LogP contribution in [0.4, 0.5) is 0 Å². The SMILES string of the molecule is O=CC1CC2(Cl)C(Cl)=C(Cl)C1(Cl)C2(Cl)Cl. The lowest BCUT2D eigenvalue weighted by Gasteiger charge is -2.31. The van der Waals surface area contributed by atoms with Gasteiger partial charge in [0.05, 0.1) is 10.1 Å². The Balaban J connectivity index is 2.70. The molecule has 2 bridgehead atoms. The van der Waals surface area contributed by atoms with Gasteiger partial charge >= 0.3 is 0 Å². The summed E-state index contributed by atoms with van der Waals surface area (Å²) in [5.74, 6) is -0.637. The van der Waals surface area contributed by atoms with E-state index in [0.717, 1.165) is 0 Å². The van der Waals surface area contributed by atoms with Crippen LogP contribution < -0.4 is 0 Å². The van der Waals surface area contributed by atoms with Gasteiger partial charge in [-0.2, -0.15) is 0 Å². The van der Waals surface area contributed by atoms with Crippen molar-refractivity contribution in [2.24, 2.45) is 5.92 Å². The molecule has 3 atom stereocenters. The van der Waals surface area contributed by atoms with Crippen LogP contribution in [-0.2, 0) is 4.79 Å². The fourth-order valence-electron chi connectivity index (χ4n) is 2.10. The van der Waals surface area contributed by atoms with Crippen LogP contribution >= 0.6 is 69.6 Å². The summed E-state index contributed by atoms with van der Waals surface area (Å²) in [6.07, 6.45) is 0.839. The van der Waals surface area contributed by atoms with E-state index in [1.165, 1.54) is 0 Å². The van der Waals surface area contributed by atoms with Crippen LogP contribution in [0, 0.1) is 5.92 Å². The van der Waals surface area contributed by atoms with E-state index in [1.54, 1.807) is 0 Å². The van der Waals surface area contributed by atoms with Crippen LogP contribution in [0.2, 0.25) is 0 Å². The van der Waals surface area contributed by atoms with Crippen molar-refractivity contribution in [1.82, 2.24) is 0 Å². The van der Waals surface area contributed by atoms with Crippen molar-refractivity contribution in [2.45, 2.75) is 20.5 Å². The molecule has 0 N–H and O–H groups in total. The van der Waals surface area contributed by atoms with Crippen molar-refractivity contribution in [2.75, 3.05) is 0 Å². The second-order valence-electron chi connectivity index (χ2n) is 3.66. The molecule has 0 amide bonds. The van der Waals surface area contributed by atoms with Gasteiger partial charge in [-0.1, -0.05) is 46.4 Å². The first-order chi connectivity index (χ1) is 6.73. The predicted molar refractivity (Wildman–Crippen MR) is 64.5 cm³/mol. The van der Waals surface area contributed by atoms with E-state index >= 15 is 0 Å². The highest BCUT2D eigenvalue weighted by molar-refractivity contribution is 6.65. The molecule has 2 aliphatic carbocycles. The highest BCUT2D eigenvalue weighted by Gasteiger charge is 2.78. The standard InChI is InChI=1S/C8H4Cl6O/c9-4-5(10)7(12)3(2-15)1-6(4,11)8(7,13)14/h2-3H,1H2. The first-order valence-corrected chi connectivity index (χ1v) is 6.27. The normalized spacial score (nSPS) is 47.5. The maximum atomic E-state index is 10.9. The maximum absolute atomic E-state index is 10.9. The molecule has 0 radical (unpaired) electrons. The van der Waals surface area contributed by atoms with Gasteiger partial charge in [0, 0.05) is 5.92 Å². The molecule has 84 valence electrons. The van der Waals surface area contributed by atoms with Crippen LogP contribution in [0.3, 0.4) is 0 Å². The molecule has 3 unspecified atom stereocenters. The van der Waals surface area contributed by atoms with Crippen molar-refractivity contribution >= 4 is 75.9 Å². The van der Waals surface area contributed by atoms with Crippen LogP contribution in [0.25, 0.3) is 0 Å². The molecule has 0 aliphatic heterocycles. The first kappa shape index (κ1) is 12.6. The Morgan fingerprint density at radius 1 is 1.13 bits per heavy atom. The average molecular weight is 329 g/mol. The summed E-state index contributed by atoms with van der Waals surface area (Å²) in [4.78, 5) is 8.21. The van der Waals surface area contributed by atoms with Crippen LogP contribution in [0.1, 0.15) is 6.42 Å². The fourth-order valence-corrected chi connectivity index (χ4v) is 4.85. The number of allylic oxidation sites excluding steroid dienone is 2. The summed E-state index contributed by atoms with van der Waals surface area (Å²) < 4.78 is -1.58. The molecular weight excluding hydrogens is 325 g/mol. The van der Waals surface area contributed by atoms with Gasteiger partial charge in [-0.05, 0) is 6.42 Å². The highest BCUT2D eigenvalue weighted by atomic mass is 35.5. The molecule has 2 rings (SSSR count). The van der Waals surface area contributed by atoms with Crippen molar-refractivity contribution in [3.8, 4) is 0 Å². The molecule has 0 saturated heterocycles. The third-order valence-electron chi connectivity index (χ3n) is 2.99. The summed E-state index contributed by atoms with van der Waals surface area (Å²) in [7, 11) is 0. The predicted octanol–water partition coefficient (Wildman–Crippen LogP) is 4.04. The summed E-state index contributed by atoms with van der Waals surface area (Å²) in [5.41, 5.74) is 0. The zero-order chi connectivity index (χ0) is 11.6. The quantitative estimate of drug-likeness (QED) is 0.524. The molecule has 15 heavy (non-hydrogen) atoms. The Morgan fingerprint density at radius 3 is 2.00 bits per heavy atom. The van der Waals surface area contributed by atoms with Crippen molar-refractivity contribution in [1.29, 1.82) is 0 Å². The topological polar surface area (TPSA) is 17.1 Å². The lowest BCUT2D eigenvalue weighted by Crippen LogP contribution is -2.44. The Morgan fingerprint density at radius 2 is 1.67 bits per heavy atom. The van der Waals surface area contributed by atoms with Crippen LogP contribution in [-0.4, -0.2) is 20.4 Å². The summed E-state index contributed by atoms with van der Waals surface area (Å²) >= 11 is 36.6. The number of halogens is 6. The minimum Gasteiger partial charge on any atom is -0.303 e.